The minimum Gasteiger partial charge on any atom is -0.448 e. The van der Waals surface area contributed by atoms with Crippen molar-refractivity contribution in [3.05, 3.63) is 24.4 Å². The van der Waals surface area contributed by atoms with Gasteiger partial charge in [0.2, 0.25) is 0 Å². The zero-order valence-corrected chi connectivity index (χ0v) is 5.52. The molecule has 0 aliphatic heterocycles. The Morgan fingerprint density at radius 3 is 3.00 bits per heavy atom. The van der Waals surface area contributed by atoms with Crippen molar-refractivity contribution in [1.82, 2.24) is 4.98 Å². The van der Waals surface area contributed by atoms with Crippen LogP contribution in [0.15, 0.2) is 24.4 Å². The van der Waals surface area contributed by atoms with E-state index in [4.69, 9.17) is 5.11 Å². The molecule has 1 heterocycles. The Labute approximate surface area is 62.6 Å². The molecule has 2 N–H and O–H groups in total. The third-order valence-electron chi connectivity index (χ3n) is 0.908. The molecule has 5 heteroatoms. The Balaban J connectivity index is 2.45. The SMILES string of the molecule is O=C(O)ONc1ccccn1. The third-order valence-corrected chi connectivity index (χ3v) is 0.908. The van der Waals surface area contributed by atoms with Gasteiger partial charge in [-0.1, -0.05) is 6.07 Å². The van der Waals surface area contributed by atoms with Crippen LogP contribution >= 0.6 is 0 Å². The molecule has 0 bridgehead atoms. The fourth-order valence-electron chi connectivity index (χ4n) is 0.519. The Bertz CT molecular complexity index is 237. The van der Waals surface area contributed by atoms with Crippen LogP contribution in [-0.2, 0) is 4.84 Å². The van der Waals surface area contributed by atoms with Gasteiger partial charge in [-0.3, -0.25) is 0 Å². The third kappa shape index (κ3) is 2.53. The van der Waals surface area contributed by atoms with Crippen LogP contribution in [0.25, 0.3) is 0 Å². The van der Waals surface area contributed by atoms with Gasteiger partial charge in [0.25, 0.3) is 0 Å². The minimum atomic E-state index is -1.39. The summed E-state index contributed by atoms with van der Waals surface area (Å²) in [6.45, 7) is 0. The van der Waals surface area contributed by atoms with Crippen molar-refractivity contribution in [2.75, 3.05) is 5.48 Å². The van der Waals surface area contributed by atoms with Crippen LogP contribution in [0.5, 0.6) is 0 Å². The van der Waals surface area contributed by atoms with Gasteiger partial charge in [0, 0.05) is 6.20 Å². The summed E-state index contributed by atoms with van der Waals surface area (Å²) < 4.78 is 0. The van der Waals surface area contributed by atoms with E-state index in [1.165, 1.54) is 6.20 Å². The van der Waals surface area contributed by atoms with Crippen molar-refractivity contribution >= 4 is 12.0 Å². The summed E-state index contributed by atoms with van der Waals surface area (Å²) in [4.78, 5) is 17.6. The van der Waals surface area contributed by atoms with Crippen LogP contribution < -0.4 is 5.48 Å². The highest BCUT2D eigenvalue weighted by Gasteiger charge is 1.95. The van der Waals surface area contributed by atoms with E-state index < -0.39 is 6.16 Å². The van der Waals surface area contributed by atoms with Crippen molar-refractivity contribution in [3.63, 3.8) is 0 Å². The maximum atomic E-state index is 9.86. The molecule has 0 fully saturated rings. The second kappa shape index (κ2) is 3.40. The molecular weight excluding hydrogens is 148 g/mol. The molecule has 1 aromatic rings. The van der Waals surface area contributed by atoms with Crippen molar-refractivity contribution in [2.24, 2.45) is 0 Å². The van der Waals surface area contributed by atoms with Gasteiger partial charge in [-0.05, 0) is 12.1 Å². The summed E-state index contributed by atoms with van der Waals surface area (Å²) in [5, 5.41) is 8.06. The number of rotatable bonds is 2. The first-order valence-corrected chi connectivity index (χ1v) is 2.86. The van der Waals surface area contributed by atoms with E-state index in [0.29, 0.717) is 5.82 Å². The standard InChI is InChI=1S/C6H6N2O3/c9-6(10)11-8-5-3-1-2-4-7-5/h1-4H,(H,7,8)(H,9,10). The van der Waals surface area contributed by atoms with Gasteiger partial charge in [0.15, 0.2) is 5.82 Å². The summed E-state index contributed by atoms with van der Waals surface area (Å²) in [6.07, 6.45) is 0.128. The molecule has 0 aromatic carbocycles. The number of nitrogens with zero attached hydrogens (tertiary/aromatic N) is 1. The normalized spacial score (nSPS) is 8.73. The highest BCUT2D eigenvalue weighted by molar-refractivity contribution is 5.58. The van der Waals surface area contributed by atoms with Gasteiger partial charge < -0.3 is 9.94 Å². The molecule has 11 heavy (non-hydrogen) atoms. The first-order valence-electron chi connectivity index (χ1n) is 2.86. The van der Waals surface area contributed by atoms with E-state index in [9.17, 15) is 4.79 Å². The quantitative estimate of drug-likeness (QED) is 0.624. The minimum absolute atomic E-state index is 0.356. The molecule has 0 unspecified atom stereocenters. The van der Waals surface area contributed by atoms with E-state index >= 15 is 0 Å². The lowest BCUT2D eigenvalue weighted by Crippen LogP contribution is -2.07. The van der Waals surface area contributed by atoms with Gasteiger partial charge in [0.1, 0.15) is 0 Å². The van der Waals surface area contributed by atoms with E-state index in [-0.39, 0.29) is 0 Å². The number of pyridine rings is 1. The van der Waals surface area contributed by atoms with Crippen LogP contribution in [0.2, 0.25) is 0 Å². The van der Waals surface area contributed by atoms with E-state index in [1.807, 2.05) is 0 Å². The smallest absolute Gasteiger partial charge is 0.448 e. The lowest BCUT2D eigenvalue weighted by Gasteiger charge is -1.99. The van der Waals surface area contributed by atoms with Crippen molar-refractivity contribution < 1.29 is 14.7 Å². The molecule has 0 amide bonds. The van der Waals surface area contributed by atoms with E-state index in [1.54, 1.807) is 18.2 Å². The molecule has 0 spiro atoms. The van der Waals surface area contributed by atoms with Gasteiger partial charge in [0.05, 0.1) is 0 Å². The number of carboxylic acid groups (broad SMARTS) is 1. The Morgan fingerprint density at radius 2 is 2.45 bits per heavy atom. The van der Waals surface area contributed by atoms with Crippen LogP contribution in [0.4, 0.5) is 10.6 Å². The number of aromatic nitrogens is 1. The molecule has 0 aliphatic rings. The van der Waals surface area contributed by atoms with E-state index in [2.05, 4.69) is 15.3 Å². The van der Waals surface area contributed by atoms with Crippen LogP contribution in [0.3, 0.4) is 0 Å². The van der Waals surface area contributed by atoms with Crippen molar-refractivity contribution in [3.8, 4) is 0 Å². The monoisotopic (exact) mass is 154 g/mol. The first-order chi connectivity index (χ1) is 5.29. The second-order valence-corrected chi connectivity index (χ2v) is 1.69. The van der Waals surface area contributed by atoms with Crippen molar-refractivity contribution in [2.45, 2.75) is 0 Å². The lowest BCUT2D eigenvalue weighted by atomic mass is 10.5. The Morgan fingerprint density at radius 1 is 1.64 bits per heavy atom. The van der Waals surface area contributed by atoms with Gasteiger partial charge >= 0.3 is 6.16 Å². The number of hydrogen-bond acceptors (Lipinski definition) is 4. The molecule has 1 rings (SSSR count). The molecule has 0 atom stereocenters. The second-order valence-electron chi connectivity index (χ2n) is 1.69. The topological polar surface area (TPSA) is 71.5 Å². The predicted molar refractivity (Wildman–Crippen MR) is 37.0 cm³/mol. The maximum absolute atomic E-state index is 9.86. The summed E-state index contributed by atoms with van der Waals surface area (Å²) in [6, 6.07) is 5.01. The van der Waals surface area contributed by atoms with E-state index in [0.717, 1.165) is 0 Å². The molecule has 5 nitrogen and oxygen atoms in total. The Kier molecular flexibility index (Phi) is 2.27. The van der Waals surface area contributed by atoms with Crippen LogP contribution in [0.1, 0.15) is 0 Å². The highest BCUT2D eigenvalue weighted by Crippen LogP contribution is 1.98. The fraction of sp³-hybridized carbons (Fsp3) is 0. The molecule has 0 radical (unpaired) electrons. The fourth-order valence-corrected chi connectivity index (χ4v) is 0.519. The largest absolute Gasteiger partial charge is 0.530 e. The Hall–Kier alpha value is -1.78. The molecule has 1 aromatic heterocycles. The predicted octanol–water partition coefficient (Wildman–Crippen LogP) is 1.10. The highest BCUT2D eigenvalue weighted by atomic mass is 16.8. The number of nitrogens with one attached hydrogen (secondary N) is 1. The van der Waals surface area contributed by atoms with Gasteiger partial charge in [-0.15, -0.1) is 0 Å². The average molecular weight is 154 g/mol. The summed E-state index contributed by atoms with van der Waals surface area (Å²) in [5.41, 5.74) is 2.13. The lowest BCUT2D eigenvalue weighted by molar-refractivity contribution is 0.112. The summed E-state index contributed by atoms with van der Waals surface area (Å²) >= 11 is 0. The zero-order chi connectivity index (χ0) is 8.10. The maximum Gasteiger partial charge on any atom is 0.530 e. The molecule has 0 saturated heterocycles. The molecule has 0 aliphatic carbocycles. The average Bonchev–Trinajstić information content (AvgIpc) is 2.03. The van der Waals surface area contributed by atoms with Crippen LogP contribution in [-0.4, -0.2) is 16.2 Å². The van der Waals surface area contributed by atoms with Crippen molar-refractivity contribution in [1.29, 1.82) is 0 Å². The molecule has 0 saturated carbocycles. The summed E-state index contributed by atoms with van der Waals surface area (Å²) in [7, 11) is 0. The number of carbonyl (C=O) groups is 1. The number of hydrogen-bond donors (Lipinski definition) is 2. The summed E-state index contributed by atoms with van der Waals surface area (Å²) in [5.74, 6) is 0.356. The number of anilines is 1. The first kappa shape index (κ1) is 7.33. The zero-order valence-electron chi connectivity index (χ0n) is 5.52. The van der Waals surface area contributed by atoms with Crippen LogP contribution in [0, 0.1) is 0 Å². The van der Waals surface area contributed by atoms with Gasteiger partial charge in [-0.25, -0.2) is 9.78 Å². The van der Waals surface area contributed by atoms with Gasteiger partial charge in [-0.2, -0.15) is 5.48 Å². The molecular formula is C6H6N2O3. The molecule has 58 valence electrons.